The van der Waals surface area contributed by atoms with Gasteiger partial charge in [0.05, 0.1) is 47.2 Å². The number of fused-ring (bicyclic) bond motifs is 3. The number of halogens is 2. The molecule has 6 aromatic heterocycles. The minimum Gasteiger partial charge on any atom is -1.00 e. The summed E-state index contributed by atoms with van der Waals surface area (Å²) in [5.74, 6) is 0.657. The molecule has 6 aliphatic heterocycles. The van der Waals surface area contributed by atoms with Crippen molar-refractivity contribution in [1.82, 2.24) is 59.7 Å². The molecular formula is C99H133ClFK2N15O10. The van der Waals surface area contributed by atoms with Crippen LogP contribution in [0.1, 0.15) is 230 Å². The van der Waals surface area contributed by atoms with Gasteiger partial charge in [-0.2, -0.15) is 0 Å². The van der Waals surface area contributed by atoms with Crippen molar-refractivity contribution >= 4 is 91.7 Å². The van der Waals surface area contributed by atoms with E-state index >= 15 is 0 Å². The number of anilines is 2. The van der Waals surface area contributed by atoms with Crippen LogP contribution in [0.4, 0.5) is 25.4 Å². The first-order valence-electron chi connectivity index (χ1n) is 46.1. The van der Waals surface area contributed by atoms with Crippen LogP contribution in [0.3, 0.4) is 0 Å². The number of ether oxygens (including phenoxy) is 2. The molecule has 0 saturated carbocycles. The van der Waals surface area contributed by atoms with E-state index in [2.05, 4.69) is 67.6 Å². The van der Waals surface area contributed by atoms with E-state index in [4.69, 9.17) is 48.2 Å². The van der Waals surface area contributed by atoms with Crippen LogP contribution >= 0.6 is 11.6 Å². The van der Waals surface area contributed by atoms with E-state index in [0.29, 0.717) is 43.4 Å². The van der Waals surface area contributed by atoms with E-state index in [-0.39, 0.29) is 152 Å². The molecule has 0 unspecified atom stereocenters. The molecule has 0 aliphatic carbocycles. The van der Waals surface area contributed by atoms with Crippen molar-refractivity contribution in [3.05, 3.63) is 168 Å². The Bertz CT molecular complexity index is 4910. The summed E-state index contributed by atoms with van der Waals surface area (Å²) in [6.07, 6.45) is 35.8. The van der Waals surface area contributed by atoms with Gasteiger partial charge in [-0.05, 0) is 266 Å². The fourth-order valence-electron chi connectivity index (χ4n) is 16.5. The molecule has 0 atom stereocenters. The maximum Gasteiger partial charge on any atom is 1.00 e. The van der Waals surface area contributed by atoms with Crippen molar-refractivity contribution in [2.45, 2.75) is 225 Å². The number of pyridine rings is 6. The fourth-order valence-corrected chi connectivity index (χ4v) is 16.8. The third-order valence-corrected chi connectivity index (χ3v) is 23.8. The summed E-state index contributed by atoms with van der Waals surface area (Å²) >= 11 is 6.38. The Morgan fingerprint density at radius 3 is 1.14 bits per heavy atom. The van der Waals surface area contributed by atoms with Crippen molar-refractivity contribution in [2.75, 3.05) is 116 Å². The summed E-state index contributed by atoms with van der Waals surface area (Å²) in [5.41, 5.74) is 17.4. The number of benzene rings is 3. The first-order valence-corrected chi connectivity index (χ1v) is 45.8. The summed E-state index contributed by atoms with van der Waals surface area (Å²) in [5, 5.41) is 22.8. The van der Waals surface area contributed by atoms with Gasteiger partial charge in [0.25, 0.3) is 6.47 Å². The molecule has 6 fully saturated rings. The van der Waals surface area contributed by atoms with Crippen LogP contribution in [0.5, 0.6) is 0 Å². The minimum atomic E-state index is -1.00. The second-order valence-corrected chi connectivity index (χ2v) is 35.8. The molecule has 3 aromatic carbocycles. The van der Waals surface area contributed by atoms with E-state index in [9.17, 15) is 28.4 Å². The monoisotopic (exact) mass is 1820 g/mol. The van der Waals surface area contributed by atoms with Crippen LogP contribution in [-0.2, 0) is 19.2 Å². The molecule has 5 N–H and O–H groups in total. The van der Waals surface area contributed by atoms with Crippen molar-refractivity contribution in [2.24, 2.45) is 5.73 Å². The molecule has 6 aliphatic rings. The Morgan fingerprint density at radius 1 is 0.492 bits per heavy atom. The average Bonchev–Trinajstić information content (AvgIpc) is 0.800. The third-order valence-electron chi connectivity index (χ3n) is 23.5. The summed E-state index contributed by atoms with van der Waals surface area (Å²) in [4.78, 5) is 112. The molecule has 12 heterocycles. The van der Waals surface area contributed by atoms with Gasteiger partial charge in [0.2, 0.25) is 0 Å². The maximum atomic E-state index is 12.8. The Morgan fingerprint density at radius 2 is 0.805 bits per heavy atom. The summed E-state index contributed by atoms with van der Waals surface area (Å²) in [6.45, 7) is 26.6. The Balaban J connectivity index is 0.000000240. The van der Waals surface area contributed by atoms with Gasteiger partial charge in [0.15, 0.2) is 17.3 Å². The molecule has 6 saturated heterocycles. The van der Waals surface area contributed by atoms with Crippen LogP contribution < -0.4 is 130 Å². The average molecular weight is 1830 g/mol. The second kappa shape index (κ2) is 56.3. The number of piperidine rings is 6. The van der Waals surface area contributed by atoms with E-state index in [0.717, 1.165) is 217 Å². The van der Waals surface area contributed by atoms with Crippen molar-refractivity contribution in [1.29, 1.82) is 0 Å². The number of unbranched alkanes of at least 4 members (excludes halogenated alkanes) is 3. The number of hydrogen-bond donors (Lipinski definition) is 4. The van der Waals surface area contributed by atoms with Gasteiger partial charge in [-0.1, -0.05) is 104 Å². The summed E-state index contributed by atoms with van der Waals surface area (Å²) in [6, 6.07) is 36.3. The minimum absolute atomic E-state index is 0. The van der Waals surface area contributed by atoms with Gasteiger partial charge in [-0.25, -0.2) is 24.5 Å². The molecule has 25 nitrogen and oxygen atoms in total. The normalized spacial score (nSPS) is 16.2. The number of likely N-dealkylation sites (tertiary alicyclic amines) is 5. The molecule has 128 heavy (non-hydrogen) atoms. The van der Waals surface area contributed by atoms with Gasteiger partial charge in [-0.3, -0.25) is 38.5 Å². The van der Waals surface area contributed by atoms with Gasteiger partial charge >= 0.3 is 115 Å². The first kappa shape index (κ1) is 105. The number of nitrogens with one attached hydrogen (secondary N) is 3. The van der Waals surface area contributed by atoms with E-state index in [1.807, 2.05) is 151 Å². The Hall–Kier alpha value is -6.79. The van der Waals surface area contributed by atoms with Gasteiger partial charge in [0, 0.05) is 162 Å². The van der Waals surface area contributed by atoms with Crippen LogP contribution in [0.15, 0.2) is 146 Å². The topological polar surface area (TPSA) is 309 Å². The largest absolute Gasteiger partial charge is 1.00 e. The molecule has 680 valence electrons. The van der Waals surface area contributed by atoms with E-state index in [1.54, 1.807) is 34.6 Å². The zero-order valence-corrected chi connectivity index (χ0v) is 83.8. The van der Waals surface area contributed by atoms with Crippen molar-refractivity contribution in [3.63, 3.8) is 0 Å². The van der Waals surface area contributed by atoms with Crippen LogP contribution in [0.2, 0.25) is 5.02 Å². The number of Topliss-reactive ketones (excluding diaryl/α,β-unsaturated/α-hetero) is 3. The summed E-state index contributed by atoms with van der Waals surface area (Å²) < 4.78 is 26.3. The second-order valence-electron chi connectivity index (χ2n) is 35.4. The molecule has 0 spiro atoms. The number of aromatic nitrogens is 6. The van der Waals surface area contributed by atoms with E-state index in [1.165, 1.54) is 97.1 Å². The van der Waals surface area contributed by atoms with Gasteiger partial charge in [0.1, 0.15) is 11.2 Å². The zero-order valence-electron chi connectivity index (χ0n) is 78.8. The van der Waals surface area contributed by atoms with Crippen molar-refractivity contribution < 1.29 is 158 Å². The molecule has 9 aromatic rings. The Labute approximate surface area is 849 Å². The Kier molecular flexibility index (Phi) is 46.1. The number of amides is 2. The number of alkyl halides is 1. The van der Waals surface area contributed by atoms with Crippen LogP contribution in [0, 0.1) is 0 Å². The molecule has 0 bridgehead atoms. The predicted molar refractivity (Wildman–Crippen MR) is 500 cm³/mol. The number of nitrogens with two attached hydrogens (primary N) is 1. The zero-order chi connectivity index (χ0) is 90.3. The maximum absolute atomic E-state index is 12.8. The van der Waals surface area contributed by atoms with E-state index < -0.39 is 18.4 Å². The van der Waals surface area contributed by atoms with Crippen LogP contribution in [0.25, 0.3) is 66.5 Å². The smallest absolute Gasteiger partial charge is 1.00 e. The number of ketones is 3. The van der Waals surface area contributed by atoms with Crippen molar-refractivity contribution in [3.8, 4) is 33.8 Å². The summed E-state index contributed by atoms with van der Waals surface area (Å²) in [7, 11) is -1.00. The number of rotatable bonds is 26. The quantitative estimate of drug-likeness (QED) is 0.00977. The first-order chi connectivity index (χ1) is 61.4. The van der Waals surface area contributed by atoms with Gasteiger partial charge < -0.3 is 67.2 Å². The SMILES string of the molecule is CC(C)(C)OC(=O)N1CCC(N)CC1.CC(C)(C)OC(=O)N1CCC(Nc2cc(-c3ccc(C(=O)CCCCN4CCCCC4)cc3)nc3ccncc23)CC1.O=C(CCCCN1CCCCC1)c1ccc(-c2cc(Cl)c3cnccc3n2)cc1.O=C(CCCCN1CCCCC1)c1ccc(-c2cc(NC3CCNCC3)c3cnccc3n2)cc1.O=CO[O-].[2H]CF.[H-].[K+].[K+]. The number of carbonyl (C=O) groups is 6. The molecule has 15 rings (SSSR count). The third kappa shape index (κ3) is 35.6. The number of hydrogen-bond acceptors (Lipinski definition) is 23. The van der Waals surface area contributed by atoms with Gasteiger partial charge in [-0.15, -0.1) is 0 Å². The fraction of sp³-hybridized carbons (Fsp3) is 0.515. The number of carbonyl (C=O) groups excluding carboxylic acids is 6. The predicted octanol–water partition coefficient (Wildman–Crippen LogP) is 12.5. The van der Waals surface area contributed by atoms with Crippen LogP contribution in [-0.4, -0.2) is 225 Å². The molecule has 2 amide bonds. The molecule has 0 radical (unpaired) electrons. The standard InChI is InChI=1S/C34H45N5O3.C29H37N5O.C24H26ClN3O.C10H20N2O2.CH3F.CH2O3.2K.H/c1-34(2,3)42-33(41)39-21-15-27(16-22-39)36-31-23-30(37-29-14-17-35-24-28(29)31)25-10-12-26(13-11-25)32(40)9-5-8-20-38-18-6-4-7-19-38;35-29(6-2-5-19-34-17-3-1-4-18-34)23-9-7-22(8-10-23)27-20-28(32-24-11-14-30-15-12-24)25-21-31-16-13-26(25)33-27;25-21-16-23(27-22-11-12-26-17-20(21)22)18-7-9-19(10-8-18)24(29)6-2-5-15-28-13-3-1-4-14-28;1-10(2,3)14-9(13)12-6-4-8(11)5-7-12;1-2;2-1-4-3;;;/h10-14,17,23-24,27H,4-9,15-16,18-22H2,1-3H3,(H,36,37);7-10,13,16,20-21,24,30H,1-6,11-12,14-15,17-19H2,(H,32,33);7-12,16-17H,1-6,13-15H2;8H,4-7,11H2,1-3H3;1H3;1,3H;;;/q;;;;;;2*+1;-1/p-1/i;;;;1D;;;;. The molecule has 29 heteroatoms. The number of nitrogens with zero attached hydrogens (tertiary/aromatic N) is 11. The molecular weight excluding hydrogens is 1690 g/mol.